The quantitative estimate of drug-likeness (QED) is 0.501. The maximum Gasteiger partial charge on any atom is 0.408 e. The molecule has 0 saturated heterocycles. The number of alkyl carbamates (subject to hydrolysis) is 1. The number of aliphatic carboxylic acids is 1. The Hall–Kier alpha value is -1.48. The molecule has 0 aromatic rings. The lowest BCUT2D eigenvalue weighted by molar-refractivity contribution is -0.139. The van der Waals surface area contributed by atoms with Crippen LogP contribution in [0.1, 0.15) is 47.5 Å². The zero-order valence-corrected chi connectivity index (χ0v) is 16.8. The minimum absolute atomic E-state index is 0.191. The zero-order chi connectivity index (χ0) is 20.2. The van der Waals surface area contributed by atoms with E-state index < -0.39 is 35.7 Å². The lowest BCUT2D eigenvalue weighted by Gasteiger charge is -2.22. The fraction of sp³-hybridized carbons (Fsp3) is 0.812. The Labute approximate surface area is 154 Å². The molecule has 2 atom stereocenters. The van der Waals surface area contributed by atoms with Crippen LogP contribution in [0.2, 0.25) is 0 Å². The van der Waals surface area contributed by atoms with E-state index in [2.05, 4.69) is 5.32 Å². The molecule has 0 rings (SSSR count). The summed E-state index contributed by atoms with van der Waals surface area (Å²) in [5.74, 6) is -0.371. The van der Waals surface area contributed by atoms with Gasteiger partial charge in [0.2, 0.25) is 5.91 Å². The fourth-order valence-electron chi connectivity index (χ4n) is 1.53. The number of carboxylic acid groups (broad SMARTS) is 1. The Morgan fingerprint density at radius 3 is 2.08 bits per heavy atom. The van der Waals surface area contributed by atoms with Crippen LogP contribution in [0.3, 0.4) is 0 Å². The monoisotopic (exact) mass is 379 g/mol. The number of nitrogens with two attached hydrogens (primary N) is 2. The lowest BCUT2D eigenvalue weighted by atomic mass is 10.0. The third-order valence-corrected chi connectivity index (χ3v) is 3.34. The van der Waals surface area contributed by atoms with Crippen molar-refractivity contribution < 1.29 is 24.2 Å². The number of nitrogens with one attached hydrogen (secondary N) is 1. The van der Waals surface area contributed by atoms with Gasteiger partial charge in [0.15, 0.2) is 0 Å². The van der Waals surface area contributed by atoms with Crippen LogP contribution < -0.4 is 16.8 Å². The molecule has 0 aliphatic rings. The fourth-order valence-corrected chi connectivity index (χ4v) is 2.02. The molecule has 9 heteroatoms. The first-order chi connectivity index (χ1) is 11.3. The van der Waals surface area contributed by atoms with Crippen molar-refractivity contribution in [3.8, 4) is 0 Å². The number of thioether (sulfide) groups is 1. The molecule has 0 aromatic heterocycles. The SMILES string of the molecule is CC(C)C[C@H](NC(=O)OC(C)(C)C)C(=O)O.CSCC[C@H](N)C(N)=O. The molecule has 6 N–H and O–H groups in total. The average molecular weight is 380 g/mol. The van der Waals surface area contributed by atoms with Crippen molar-refractivity contribution in [2.45, 2.75) is 65.1 Å². The second kappa shape index (κ2) is 12.8. The van der Waals surface area contributed by atoms with Gasteiger partial charge in [-0.2, -0.15) is 11.8 Å². The van der Waals surface area contributed by atoms with E-state index >= 15 is 0 Å². The van der Waals surface area contributed by atoms with E-state index in [0.717, 1.165) is 5.75 Å². The summed E-state index contributed by atoms with van der Waals surface area (Å²) in [5.41, 5.74) is 9.60. The summed E-state index contributed by atoms with van der Waals surface area (Å²) >= 11 is 1.66. The predicted octanol–water partition coefficient (Wildman–Crippen LogP) is 1.56. The summed E-state index contributed by atoms with van der Waals surface area (Å²) in [6, 6.07) is -1.35. The molecule has 0 radical (unpaired) electrons. The maximum atomic E-state index is 11.4. The summed E-state index contributed by atoms with van der Waals surface area (Å²) < 4.78 is 4.99. The van der Waals surface area contributed by atoms with E-state index in [1.165, 1.54) is 0 Å². The van der Waals surface area contributed by atoms with Gasteiger partial charge in [0.1, 0.15) is 11.6 Å². The minimum atomic E-state index is -1.04. The first-order valence-corrected chi connectivity index (χ1v) is 9.45. The number of hydrogen-bond donors (Lipinski definition) is 4. The van der Waals surface area contributed by atoms with E-state index in [0.29, 0.717) is 12.8 Å². The number of primary amides is 1. The first kappa shape index (κ1) is 25.8. The highest BCUT2D eigenvalue weighted by atomic mass is 32.2. The third kappa shape index (κ3) is 17.1. The molecule has 2 amide bonds. The summed E-state index contributed by atoms with van der Waals surface area (Å²) in [5, 5.41) is 11.2. The molecule has 0 aromatic carbocycles. The van der Waals surface area contributed by atoms with Crippen LogP contribution in [0.25, 0.3) is 0 Å². The van der Waals surface area contributed by atoms with Crippen LogP contribution in [0.5, 0.6) is 0 Å². The Balaban J connectivity index is 0. The molecular formula is C16H33N3O5S. The van der Waals surface area contributed by atoms with Crippen molar-refractivity contribution in [3.05, 3.63) is 0 Å². The normalized spacial score (nSPS) is 13.3. The summed E-state index contributed by atoms with van der Waals surface area (Å²) in [6.45, 7) is 8.97. The van der Waals surface area contributed by atoms with Crippen LogP contribution >= 0.6 is 11.8 Å². The van der Waals surface area contributed by atoms with E-state index in [9.17, 15) is 14.4 Å². The van der Waals surface area contributed by atoms with Gasteiger partial charge in [-0.25, -0.2) is 9.59 Å². The number of rotatable bonds is 8. The number of carbonyl (C=O) groups excluding carboxylic acids is 2. The standard InChI is InChI=1S/C11H21NO4.C5H12N2OS/c1-7(2)6-8(9(13)14)12-10(15)16-11(3,4)5;1-9-3-2-4(6)5(7)8/h7-8H,6H2,1-5H3,(H,12,15)(H,13,14);4H,2-3,6H2,1H3,(H2,7,8)/t8-;4-/m00/s1. The van der Waals surface area contributed by atoms with Gasteiger partial charge in [0, 0.05) is 0 Å². The molecule has 148 valence electrons. The van der Waals surface area contributed by atoms with Crippen LogP contribution in [0.15, 0.2) is 0 Å². The van der Waals surface area contributed by atoms with Crippen LogP contribution in [-0.4, -0.2) is 52.8 Å². The van der Waals surface area contributed by atoms with E-state index in [4.69, 9.17) is 21.3 Å². The molecule has 0 fully saturated rings. The van der Waals surface area contributed by atoms with Crippen molar-refractivity contribution in [3.63, 3.8) is 0 Å². The van der Waals surface area contributed by atoms with E-state index in [1.807, 2.05) is 20.1 Å². The second-order valence-electron chi connectivity index (χ2n) is 6.96. The number of amides is 2. The molecule has 0 spiro atoms. The molecule has 0 saturated carbocycles. The molecule has 8 nitrogen and oxygen atoms in total. The highest BCUT2D eigenvalue weighted by Crippen LogP contribution is 2.09. The highest BCUT2D eigenvalue weighted by Gasteiger charge is 2.24. The minimum Gasteiger partial charge on any atom is -0.480 e. The van der Waals surface area contributed by atoms with Gasteiger partial charge in [-0.3, -0.25) is 4.79 Å². The van der Waals surface area contributed by atoms with Gasteiger partial charge in [0.05, 0.1) is 6.04 Å². The third-order valence-electron chi connectivity index (χ3n) is 2.69. The van der Waals surface area contributed by atoms with Gasteiger partial charge in [-0.1, -0.05) is 13.8 Å². The molecule has 0 unspecified atom stereocenters. The molecule has 0 bridgehead atoms. The summed E-state index contributed by atoms with van der Waals surface area (Å²) in [6.07, 6.45) is 2.33. The van der Waals surface area contributed by atoms with Crippen molar-refractivity contribution in [2.75, 3.05) is 12.0 Å². The molecule has 0 heterocycles. The van der Waals surface area contributed by atoms with Crippen molar-refractivity contribution in [1.82, 2.24) is 5.32 Å². The molecule has 0 aliphatic carbocycles. The predicted molar refractivity (Wildman–Crippen MR) is 100 cm³/mol. The number of ether oxygens (including phenoxy) is 1. The van der Waals surface area contributed by atoms with E-state index in [1.54, 1.807) is 32.5 Å². The van der Waals surface area contributed by atoms with Crippen molar-refractivity contribution in [2.24, 2.45) is 17.4 Å². The Morgan fingerprint density at radius 1 is 1.24 bits per heavy atom. The number of carboxylic acids is 1. The summed E-state index contributed by atoms with van der Waals surface area (Å²) in [7, 11) is 0. The number of hydrogen-bond acceptors (Lipinski definition) is 6. The largest absolute Gasteiger partial charge is 0.480 e. The van der Waals surface area contributed by atoms with Gasteiger partial charge in [-0.15, -0.1) is 0 Å². The van der Waals surface area contributed by atoms with Gasteiger partial charge in [-0.05, 0) is 51.5 Å². The Kier molecular flexibility index (Phi) is 13.2. The van der Waals surface area contributed by atoms with Crippen molar-refractivity contribution in [1.29, 1.82) is 0 Å². The average Bonchev–Trinajstić information content (AvgIpc) is 2.41. The Bertz CT molecular complexity index is 424. The van der Waals surface area contributed by atoms with E-state index in [-0.39, 0.29) is 5.92 Å². The molecule has 25 heavy (non-hydrogen) atoms. The molecular weight excluding hydrogens is 346 g/mol. The van der Waals surface area contributed by atoms with Gasteiger partial charge in [0.25, 0.3) is 0 Å². The van der Waals surface area contributed by atoms with Crippen LogP contribution in [0.4, 0.5) is 4.79 Å². The highest BCUT2D eigenvalue weighted by molar-refractivity contribution is 7.98. The molecule has 0 aliphatic heterocycles. The lowest BCUT2D eigenvalue weighted by Crippen LogP contribution is -2.44. The number of carbonyl (C=O) groups is 3. The first-order valence-electron chi connectivity index (χ1n) is 8.06. The second-order valence-corrected chi connectivity index (χ2v) is 7.94. The summed E-state index contributed by atoms with van der Waals surface area (Å²) in [4.78, 5) is 32.5. The van der Waals surface area contributed by atoms with Crippen molar-refractivity contribution >= 4 is 29.7 Å². The van der Waals surface area contributed by atoms with Gasteiger partial charge < -0.3 is 26.6 Å². The van der Waals surface area contributed by atoms with Gasteiger partial charge >= 0.3 is 12.1 Å². The maximum absolute atomic E-state index is 11.4. The smallest absolute Gasteiger partial charge is 0.408 e. The Morgan fingerprint density at radius 2 is 1.76 bits per heavy atom. The zero-order valence-electron chi connectivity index (χ0n) is 16.0. The van der Waals surface area contributed by atoms with Crippen LogP contribution in [0, 0.1) is 5.92 Å². The topological polar surface area (TPSA) is 145 Å². The van der Waals surface area contributed by atoms with Crippen LogP contribution in [-0.2, 0) is 14.3 Å².